The minimum absolute atomic E-state index is 0.167. The first-order valence-corrected chi connectivity index (χ1v) is 11.7. The molecule has 1 aliphatic heterocycles. The molecule has 1 heterocycles. The molecule has 0 saturated carbocycles. The highest BCUT2D eigenvalue weighted by Crippen LogP contribution is 2.37. The van der Waals surface area contributed by atoms with Gasteiger partial charge in [-0.2, -0.15) is 0 Å². The Balaban J connectivity index is 1.45. The molecule has 1 saturated heterocycles. The molecule has 0 spiro atoms. The topological polar surface area (TPSA) is 67.9 Å². The van der Waals surface area contributed by atoms with Crippen LogP contribution in [0.15, 0.2) is 77.7 Å². The number of nitrogens with one attached hydrogen (secondary N) is 1. The van der Waals surface area contributed by atoms with Crippen LogP contribution in [0.2, 0.25) is 0 Å². The number of hydrogen-bond acceptors (Lipinski definition) is 6. The average Bonchev–Trinajstić information content (AvgIpc) is 3.11. The predicted octanol–water partition coefficient (Wildman–Crippen LogP) is 5.43. The molecule has 172 valence electrons. The van der Waals surface area contributed by atoms with Crippen molar-refractivity contribution in [2.75, 3.05) is 23.9 Å². The second kappa shape index (κ2) is 10.5. The minimum atomic E-state index is -0.277. The second-order valence-electron chi connectivity index (χ2n) is 7.47. The highest BCUT2D eigenvalue weighted by atomic mass is 32.2. The van der Waals surface area contributed by atoms with Gasteiger partial charge in [0.05, 0.1) is 17.7 Å². The van der Waals surface area contributed by atoms with Gasteiger partial charge in [0.25, 0.3) is 11.8 Å². The van der Waals surface area contributed by atoms with Gasteiger partial charge in [-0.15, -0.1) is 0 Å². The van der Waals surface area contributed by atoms with Gasteiger partial charge in [-0.25, -0.2) is 0 Å². The average molecular weight is 491 g/mol. The van der Waals surface area contributed by atoms with Crippen LogP contribution in [0.25, 0.3) is 6.08 Å². The fourth-order valence-corrected chi connectivity index (χ4v) is 4.67. The zero-order chi connectivity index (χ0) is 24.1. The Morgan fingerprint density at radius 2 is 1.85 bits per heavy atom. The van der Waals surface area contributed by atoms with E-state index in [4.69, 9.17) is 21.7 Å². The zero-order valence-electron chi connectivity index (χ0n) is 18.6. The molecule has 0 aliphatic carbocycles. The summed E-state index contributed by atoms with van der Waals surface area (Å²) in [5.41, 5.74) is 3.25. The number of amides is 2. The molecule has 2 amide bonds. The number of para-hydroxylation sites is 1. The normalized spacial score (nSPS) is 14.4. The molecule has 6 nitrogen and oxygen atoms in total. The van der Waals surface area contributed by atoms with E-state index in [-0.39, 0.29) is 18.4 Å². The van der Waals surface area contributed by atoms with E-state index in [1.807, 2.05) is 61.5 Å². The van der Waals surface area contributed by atoms with Gasteiger partial charge < -0.3 is 14.8 Å². The number of thiocarbonyl (C=S) groups is 1. The third-order valence-corrected chi connectivity index (χ3v) is 6.26. The molecule has 3 aromatic rings. The van der Waals surface area contributed by atoms with Crippen LogP contribution < -0.4 is 19.7 Å². The van der Waals surface area contributed by atoms with E-state index in [1.165, 1.54) is 23.8 Å². The standard InChI is InChI=1S/C26H22N2O4S2/c1-17-7-6-8-19(13-17)27-24(29)16-32-21-12-11-18(14-22(21)31-2)15-23-25(30)28(26(33)34-23)20-9-4-3-5-10-20/h3-15H,16H2,1-2H3,(H,27,29)/b23-15+. The largest absolute Gasteiger partial charge is 0.493 e. The summed E-state index contributed by atoms with van der Waals surface area (Å²) in [5.74, 6) is 0.432. The fraction of sp³-hybridized carbons (Fsp3) is 0.115. The number of ether oxygens (including phenoxy) is 2. The van der Waals surface area contributed by atoms with Gasteiger partial charge in [0.2, 0.25) is 0 Å². The quantitative estimate of drug-likeness (QED) is 0.352. The lowest BCUT2D eigenvalue weighted by Crippen LogP contribution is -2.27. The number of carbonyl (C=O) groups is 2. The van der Waals surface area contributed by atoms with E-state index >= 15 is 0 Å². The lowest BCUT2D eigenvalue weighted by atomic mass is 10.2. The molecule has 1 aliphatic rings. The Morgan fingerprint density at radius 3 is 2.59 bits per heavy atom. The summed E-state index contributed by atoms with van der Waals surface area (Å²) in [6, 6.07) is 22.1. The summed E-state index contributed by atoms with van der Waals surface area (Å²) in [6.07, 6.45) is 1.76. The lowest BCUT2D eigenvalue weighted by molar-refractivity contribution is -0.118. The molecule has 0 atom stereocenters. The molecule has 0 bridgehead atoms. The maximum absolute atomic E-state index is 12.9. The van der Waals surface area contributed by atoms with Crippen LogP contribution in [-0.2, 0) is 9.59 Å². The summed E-state index contributed by atoms with van der Waals surface area (Å²) in [5, 5.41) is 2.81. The third kappa shape index (κ3) is 5.47. The van der Waals surface area contributed by atoms with E-state index in [0.29, 0.717) is 26.4 Å². The number of methoxy groups -OCH3 is 1. The van der Waals surface area contributed by atoms with Crippen molar-refractivity contribution >= 4 is 57.6 Å². The Bertz CT molecular complexity index is 1270. The van der Waals surface area contributed by atoms with Crippen molar-refractivity contribution in [1.29, 1.82) is 0 Å². The molecule has 34 heavy (non-hydrogen) atoms. The summed E-state index contributed by atoms with van der Waals surface area (Å²) in [6.45, 7) is 1.79. The Hall–Kier alpha value is -3.62. The van der Waals surface area contributed by atoms with Crippen molar-refractivity contribution in [3.05, 3.63) is 88.8 Å². The molecule has 1 N–H and O–H groups in total. The van der Waals surface area contributed by atoms with Crippen LogP contribution in [0.5, 0.6) is 11.5 Å². The highest BCUT2D eigenvalue weighted by molar-refractivity contribution is 8.27. The van der Waals surface area contributed by atoms with Gasteiger partial charge >= 0.3 is 0 Å². The number of thioether (sulfide) groups is 1. The summed E-state index contributed by atoms with van der Waals surface area (Å²) in [7, 11) is 1.52. The smallest absolute Gasteiger partial charge is 0.270 e. The van der Waals surface area contributed by atoms with Gasteiger partial charge in [-0.1, -0.05) is 60.4 Å². The Labute approximate surface area is 207 Å². The van der Waals surface area contributed by atoms with E-state index < -0.39 is 0 Å². The van der Waals surface area contributed by atoms with Crippen LogP contribution in [0, 0.1) is 6.92 Å². The molecule has 1 fully saturated rings. The van der Waals surface area contributed by atoms with Crippen LogP contribution >= 0.6 is 24.0 Å². The first-order valence-electron chi connectivity index (χ1n) is 10.4. The Morgan fingerprint density at radius 1 is 1.06 bits per heavy atom. The molecular formula is C26H22N2O4S2. The van der Waals surface area contributed by atoms with Crippen LogP contribution in [-0.4, -0.2) is 29.9 Å². The van der Waals surface area contributed by atoms with Crippen LogP contribution in [0.3, 0.4) is 0 Å². The van der Waals surface area contributed by atoms with E-state index in [0.717, 1.165) is 16.8 Å². The van der Waals surface area contributed by atoms with Crippen molar-refractivity contribution in [2.24, 2.45) is 0 Å². The first-order chi connectivity index (χ1) is 16.4. The van der Waals surface area contributed by atoms with Crippen molar-refractivity contribution in [3.63, 3.8) is 0 Å². The summed E-state index contributed by atoms with van der Waals surface area (Å²) in [4.78, 5) is 27.2. The fourth-order valence-electron chi connectivity index (χ4n) is 3.38. The molecular weight excluding hydrogens is 468 g/mol. The molecule has 0 aromatic heterocycles. The van der Waals surface area contributed by atoms with Gasteiger partial charge in [0.15, 0.2) is 22.4 Å². The van der Waals surface area contributed by atoms with E-state index in [1.54, 1.807) is 24.3 Å². The zero-order valence-corrected chi connectivity index (χ0v) is 20.2. The third-order valence-electron chi connectivity index (χ3n) is 4.95. The van der Waals surface area contributed by atoms with Gasteiger partial charge in [-0.05, 0) is 60.5 Å². The number of rotatable bonds is 7. The second-order valence-corrected chi connectivity index (χ2v) is 9.15. The monoisotopic (exact) mass is 490 g/mol. The van der Waals surface area contributed by atoms with Gasteiger partial charge in [0, 0.05) is 5.69 Å². The molecule has 3 aromatic carbocycles. The highest BCUT2D eigenvalue weighted by Gasteiger charge is 2.33. The van der Waals surface area contributed by atoms with Crippen molar-refractivity contribution in [2.45, 2.75) is 6.92 Å². The molecule has 0 unspecified atom stereocenters. The summed E-state index contributed by atoms with van der Waals surface area (Å²) >= 11 is 6.67. The van der Waals surface area contributed by atoms with Crippen LogP contribution in [0.1, 0.15) is 11.1 Å². The van der Waals surface area contributed by atoms with E-state index in [9.17, 15) is 9.59 Å². The van der Waals surface area contributed by atoms with Crippen molar-refractivity contribution in [3.8, 4) is 11.5 Å². The SMILES string of the molecule is COc1cc(/C=C2/SC(=S)N(c3ccccc3)C2=O)ccc1OCC(=O)Nc1cccc(C)c1. The minimum Gasteiger partial charge on any atom is -0.493 e. The summed E-state index contributed by atoms with van der Waals surface area (Å²) < 4.78 is 11.6. The van der Waals surface area contributed by atoms with Gasteiger partial charge in [0.1, 0.15) is 0 Å². The Kier molecular flexibility index (Phi) is 7.30. The number of aryl methyl sites for hydroxylation is 1. The maximum atomic E-state index is 12.9. The number of hydrogen-bond donors (Lipinski definition) is 1. The van der Waals surface area contributed by atoms with E-state index in [2.05, 4.69) is 5.32 Å². The number of carbonyl (C=O) groups excluding carboxylic acids is 2. The van der Waals surface area contributed by atoms with Crippen molar-refractivity contribution < 1.29 is 19.1 Å². The molecule has 4 rings (SSSR count). The van der Waals surface area contributed by atoms with Crippen LogP contribution in [0.4, 0.5) is 11.4 Å². The first kappa shape index (κ1) is 23.5. The number of benzene rings is 3. The molecule has 0 radical (unpaired) electrons. The van der Waals surface area contributed by atoms with Crippen molar-refractivity contribution in [1.82, 2.24) is 0 Å². The maximum Gasteiger partial charge on any atom is 0.270 e. The number of nitrogens with zero attached hydrogens (tertiary/aromatic N) is 1. The van der Waals surface area contributed by atoms with Gasteiger partial charge in [-0.3, -0.25) is 14.5 Å². The predicted molar refractivity (Wildman–Crippen MR) is 140 cm³/mol. The molecule has 8 heteroatoms. The number of anilines is 2. The lowest BCUT2D eigenvalue weighted by Gasteiger charge is -2.14.